The summed E-state index contributed by atoms with van der Waals surface area (Å²) in [6.45, 7) is 4.06. The van der Waals surface area contributed by atoms with E-state index in [0.717, 1.165) is 15.8 Å². The lowest BCUT2D eigenvalue weighted by Gasteiger charge is -2.22. The molecule has 1 fully saturated rings. The Hall–Kier alpha value is -1.86. The maximum absolute atomic E-state index is 13.1. The fourth-order valence-electron chi connectivity index (χ4n) is 2.85. The van der Waals surface area contributed by atoms with Crippen molar-refractivity contribution in [2.45, 2.75) is 23.3 Å². The molecule has 2 heterocycles. The minimum atomic E-state index is -0.0249. The van der Waals surface area contributed by atoms with Gasteiger partial charge in [-0.3, -0.25) is 9.59 Å². The number of amides is 2. The van der Waals surface area contributed by atoms with Crippen LogP contribution in [0.5, 0.6) is 0 Å². The molecule has 0 radical (unpaired) electrons. The summed E-state index contributed by atoms with van der Waals surface area (Å²) in [5.41, 5.74) is 0.608. The predicted molar refractivity (Wildman–Crippen MR) is 105 cm³/mol. The standard InChI is InChI=1S/C19H20BrN3O2S/c1-14(24)22-10-3-11-23(13-12-22)19(25)17-4-2-9-21-18(17)26-16-7-5-15(20)6-8-16/h2,4-9H,3,10-13H2,1H3. The molecule has 0 aliphatic carbocycles. The largest absolute Gasteiger partial charge is 0.341 e. The molecule has 7 heteroatoms. The molecule has 0 atom stereocenters. The van der Waals surface area contributed by atoms with Gasteiger partial charge in [0, 0.05) is 48.7 Å². The molecule has 1 aliphatic heterocycles. The maximum atomic E-state index is 13.1. The molecule has 0 bridgehead atoms. The van der Waals surface area contributed by atoms with Crippen molar-refractivity contribution >= 4 is 39.5 Å². The van der Waals surface area contributed by atoms with Crippen molar-refractivity contribution in [1.82, 2.24) is 14.8 Å². The van der Waals surface area contributed by atoms with E-state index in [1.54, 1.807) is 24.1 Å². The van der Waals surface area contributed by atoms with Gasteiger partial charge in [0.2, 0.25) is 5.91 Å². The molecule has 1 aromatic heterocycles. The number of benzene rings is 1. The molecular formula is C19H20BrN3O2S. The number of nitrogens with zero attached hydrogens (tertiary/aromatic N) is 3. The second-order valence-corrected chi connectivity index (χ2v) is 8.04. The zero-order valence-electron chi connectivity index (χ0n) is 14.5. The summed E-state index contributed by atoms with van der Waals surface area (Å²) in [4.78, 5) is 33.7. The van der Waals surface area contributed by atoms with E-state index in [0.29, 0.717) is 36.8 Å². The van der Waals surface area contributed by atoms with Crippen molar-refractivity contribution in [3.05, 3.63) is 52.6 Å². The topological polar surface area (TPSA) is 53.5 Å². The van der Waals surface area contributed by atoms with Gasteiger partial charge >= 0.3 is 0 Å². The molecule has 0 spiro atoms. The van der Waals surface area contributed by atoms with Gasteiger partial charge < -0.3 is 9.80 Å². The van der Waals surface area contributed by atoms with Crippen molar-refractivity contribution in [3.63, 3.8) is 0 Å². The van der Waals surface area contributed by atoms with Gasteiger partial charge in [0.15, 0.2) is 0 Å². The third kappa shape index (κ3) is 4.65. The summed E-state index contributed by atoms with van der Waals surface area (Å²) in [7, 11) is 0. The number of carbonyl (C=O) groups excluding carboxylic acids is 2. The molecule has 0 saturated carbocycles. The monoisotopic (exact) mass is 433 g/mol. The minimum absolute atomic E-state index is 0.0249. The van der Waals surface area contributed by atoms with Gasteiger partial charge in [0.25, 0.3) is 5.91 Å². The number of aromatic nitrogens is 1. The lowest BCUT2D eigenvalue weighted by atomic mass is 10.2. The average molecular weight is 434 g/mol. The molecule has 2 amide bonds. The predicted octanol–water partition coefficient (Wildman–Crippen LogP) is 3.69. The van der Waals surface area contributed by atoms with E-state index in [1.165, 1.54) is 11.8 Å². The first-order valence-electron chi connectivity index (χ1n) is 8.48. The molecular weight excluding hydrogens is 414 g/mol. The van der Waals surface area contributed by atoms with E-state index in [-0.39, 0.29) is 11.8 Å². The number of hydrogen-bond acceptors (Lipinski definition) is 4. The molecule has 136 valence electrons. The highest BCUT2D eigenvalue weighted by atomic mass is 79.9. The highest BCUT2D eigenvalue weighted by molar-refractivity contribution is 9.10. The van der Waals surface area contributed by atoms with Gasteiger partial charge in [0.05, 0.1) is 5.56 Å². The Morgan fingerprint density at radius 1 is 1.04 bits per heavy atom. The molecule has 26 heavy (non-hydrogen) atoms. The van der Waals surface area contributed by atoms with Crippen LogP contribution in [0.4, 0.5) is 0 Å². The van der Waals surface area contributed by atoms with Crippen LogP contribution in [0.1, 0.15) is 23.7 Å². The second-order valence-electron chi connectivity index (χ2n) is 6.06. The van der Waals surface area contributed by atoms with Crippen molar-refractivity contribution in [2.24, 2.45) is 0 Å². The molecule has 0 N–H and O–H groups in total. The summed E-state index contributed by atoms with van der Waals surface area (Å²) in [6, 6.07) is 11.5. The SMILES string of the molecule is CC(=O)N1CCCN(C(=O)c2cccnc2Sc2ccc(Br)cc2)CC1. The summed E-state index contributed by atoms with van der Waals surface area (Å²) in [5.74, 6) is 0.0373. The Kier molecular flexibility index (Phi) is 6.32. The fourth-order valence-corrected chi connectivity index (χ4v) is 3.99. The number of halogens is 1. The second kappa shape index (κ2) is 8.68. The van der Waals surface area contributed by atoms with Crippen molar-refractivity contribution in [3.8, 4) is 0 Å². The summed E-state index contributed by atoms with van der Waals surface area (Å²) >= 11 is 4.91. The zero-order valence-corrected chi connectivity index (χ0v) is 16.9. The van der Waals surface area contributed by atoms with E-state index in [4.69, 9.17) is 0 Å². The smallest absolute Gasteiger partial charge is 0.256 e. The summed E-state index contributed by atoms with van der Waals surface area (Å²) < 4.78 is 1.01. The molecule has 1 aromatic carbocycles. The summed E-state index contributed by atoms with van der Waals surface area (Å²) in [6.07, 6.45) is 2.50. The Morgan fingerprint density at radius 2 is 1.73 bits per heavy atom. The van der Waals surface area contributed by atoms with E-state index in [1.807, 2.05) is 35.2 Å². The maximum Gasteiger partial charge on any atom is 0.256 e. The van der Waals surface area contributed by atoms with E-state index in [9.17, 15) is 9.59 Å². The first kappa shape index (κ1) is 18.9. The van der Waals surface area contributed by atoms with Crippen molar-refractivity contribution in [2.75, 3.05) is 26.2 Å². The van der Waals surface area contributed by atoms with Crippen LogP contribution in [0.25, 0.3) is 0 Å². The third-order valence-electron chi connectivity index (χ3n) is 4.26. The van der Waals surface area contributed by atoms with Gasteiger partial charge in [-0.15, -0.1) is 0 Å². The average Bonchev–Trinajstić information content (AvgIpc) is 2.90. The Morgan fingerprint density at radius 3 is 2.46 bits per heavy atom. The molecule has 0 unspecified atom stereocenters. The number of hydrogen-bond donors (Lipinski definition) is 0. The zero-order chi connectivity index (χ0) is 18.5. The molecule has 1 saturated heterocycles. The van der Waals surface area contributed by atoms with Crippen LogP contribution < -0.4 is 0 Å². The lowest BCUT2D eigenvalue weighted by molar-refractivity contribution is -0.128. The fraction of sp³-hybridized carbons (Fsp3) is 0.316. The first-order chi connectivity index (χ1) is 12.5. The molecule has 5 nitrogen and oxygen atoms in total. The van der Waals surface area contributed by atoms with Crippen LogP contribution in [0, 0.1) is 0 Å². The van der Waals surface area contributed by atoms with Gasteiger partial charge in [-0.25, -0.2) is 4.98 Å². The van der Waals surface area contributed by atoms with Crippen LogP contribution in [0.15, 0.2) is 57.0 Å². The van der Waals surface area contributed by atoms with E-state index in [2.05, 4.69) is 20.9 Å². The highest BCUT2D eigenvalue weighted by Gasteiger charge is 2.23. The molecule has 2 aromatic rings. The number of carbonyl (C=O) groups is 2. The third-order valence-corrected chi connectivity index (χ3v) is 5.81. The Balaban J connectivity index is 1.77. The number of rotatable bonds is 3. The van der Waals surface area contributed by atoms with Gasteiger partial charge in [-0.05, 0) is 42.8 Å². The quantitative estimate of drug-likeness (QED) is 0.740. The minimum Gasteiger partial charge on any atom is -0.341 e. The normalized spacial score (nSPS) is 14.8. The van der Waals surface area contributed by atoms with Gasteiger partial charge in [-0.2, -0.15) is 0 Å². The Bertz CT molecular complexity index is 798. The van der Waals surface area contributed by atoms with Gasteiger partial charge in [-0.1, -0.05) is 27.7 Å². The lowest BCUT2D eigenvalue weighted by Crippen LogP contribution is -2.36. The van der Waals surface area contributed by atoms with Crippen molar-refractivity contribution < 1.29 is 9.59 Å². The van der Waals surface area contributed by atoms with E-state index < -0.39 is 0 Å². The molecule has 3 rings (SSSR count). The van der Waals surface area contributed by atoms with Crippen LogP contribution >= 0.6 is 27.7 Å². The molecule has 1 aliphatic rings. The Labute approximate surface area is 165 Å². The van der Waals surface area contributed by atoms with Crippen molar-refractivity contribution in [1.29, 1.82) is 0 Å². The number of pyridine rings is 1. The van der Waals surface area contributed by atoms with Crippen LogP contribution in [-0.2, 0) is 4.79 Å². The van der Waals surface area contributed by atoms with Gasteiger partial charge in [0.1, 0.15) is 5.03 Å². The highest BCUT2D eigenvalue weighted by Crippen LogP contribution is 2.30. The summed E-state index contributed by atoms with van der Waals surface area (Å²) in [5, 5.41) is 0.701. The van der Waals surface area contributed by atoms with E-state index >= 15 is 0 Å². The van der Waals surface area contributed by atoms with Crippen LogP contribution in [0.3, 0.4) is 0 Å². The van der Waals surface area contributed by atoms with Crippen LogP contribution in [0.2, 0.25) is 0 Å². The van der Waals surface area contributed by atoms with Crippen LogP contribution in [-0.4, -0.2) is 52.8 Å². The first-order valence-corrected chi connectivity index (χ1v) is 10.1.